The first-order valence-electron chi connectivity index (χ1n) is 5.65. The largest absolute Gasteiger partial charge is 0.481 e. The minimum absolute atomic E-state index is 0.101. The van der Waals surface area contributed by atoms with E-state index in [0.717, 1.165) is 19.3 Å². The Bertz CT molecular complexity index is 287. The van der Waals surface area contributed by atoms with Gasteiger partial charge in [0.15, 0.2) is 0 Å². The van der Waals surface area contributed by atoms with Gasteiger partial charge in [-0.2, -0.15) is 0 Å². The number of urea groups is 1. The average molecular weight is 228 g/mol. The van der Waals surface area contributed by atoms with Crippen LogP contribution in [0.15, 0.2) is 0 Å². The van der Waals surface area contributed by atoms with Gasteiger partial charge in [-0.3, -0.25) is 4.79 Å². The fourth-order valence-corrected chi connectivity index (χ4v) is 1.69. The zero-order chi connectivity index (χ0) is 12.3. The Morgan fingerprint density at radius 1 is 1.31 bits per heavy atom. The third kappa shape index (κ3) is 3.12. The van der Waals surface area contributed by atoms with Crippen molar-refractivity contribution < 1.29 is 14.7 Å². The molecule has 1 aliphatic carbocycles. The molecule has 0 bridgehead atoms. The molecule has 2 atom stereocenters. The SMILES string of the molecule is CC(NC(=O)NC1(C)CCC1)C(C)C(=O)O. The summed E-state index contributed by atoms with van der Waals surface area (Å²) in [6.07, 6.45) is 3.12. The van der Waals surface area contributed by atoms with Gasteiger partial charge in [-0.05, 0) is 40.0 Å². The van der Waals surface area contributed by atoms with Gasteiger partial charge in [0.25, 0.3) is 0 Å². The summed E-state index contributed by atoms with van der Waals surface area (Å²) < 4.78 is 0. The van der Waals surface area contributed by atoms with Gasteiger partial charge in [-0.25, -0.2) is 4.79 Å². The second-order valence-corrected chi connectivity index (χ2v) is 4.93. The lowest BCUT2D eigenvalue weighted by molar-refractivity contribution is -0.141. The molecule has 5 heteroatoms. The summed E-state index contributed by atoms with van der Waals surface area (Å²) in [5, 5.41) is 14.3. The van der Waals surface area contributed by atoms with Crippen molar-refractivity contribution in [2.45, 2.75) is 51.6 Å². The molecule has 2 unspecified atom stereocenters. The quantitative estimate of drug-likeness (QED) is 0.679. The number of amides is 2. The normalized spacial score (nSPS) is 21.4. The van der Waals surface area contributed by atoms with Gasteiger partial charge < -0.3 is 15.7 Å². The van der Waals surface area contributed by atoms with E-state index in [-0.39, 0.29) is 17.6 Å². The molecule has 92 valence electrons. The number of hydrogen-bond donors (Lipinski definition) is 3. The van der Waals surface area contributed by atoms with Crippen LogP contribution in [-0.4, -0.2) is 28.7 Å². The number of carboxylic acid groups (broad SMARTS) is 1. The standard InChI is InChI=1S/C11H20N2O3/c1-7(9(14)15)8(2)12-10(16)13-11(3)5-4-6-11/h7-8H,4-6H2,1-3H3,(H,14,15)(H2,12,13,16). The molecular weight excluding hydrogens is 208 g/mol. The third-order valence-corrected chi connectivity index (χ3v) is 3.37. The molecule has 1 aliphatic rings. The lowest BCUT2D eigenvalue weighted by Crippen LogP contribution is -2.56. The second-order valence-electron chi connectivity index (χ2n) is 4.93. The fraction of sp³-hybridized carbons (Fsp3) is 0.818. The highest BCUT2D eigenvalue weighted by molar-refractivity contribution is 5.77. The monoisotopic (exact) mass is 228 g/mol. The number of carbonyl (C=O) groups excluding carboxylic acids is 1. The van der Waals surface area contributed by atoms with Crippen LogP contribution in [0.25, 0.3) is 0 Å². The van der Waals surface area contributed by atoms with E-state index in [1.807, 2.05) is 6.92 Å². The van der Waals surface area contributed by atoms with Gasteiger partial charge in [-0.15, -0.1) is 0 Å². The first-order chi connectivity index (χ1) is 7.34. The van der Waals surface area contributed by atoms with Crippen LogP contribution >= 0.6 is 0 Å². The zero-order valence-electron chi connectivity index (χ0n) is 10.0. The van der Waals surface area contributed by atoms with E-state index in [4.69, 9.17) is 5.11 Å². The zero-order valence-corrected chi connectivity index (χ0v) is 10.0. The molecule has 0 heterocycles. The summed E-state index contributed by atoms with van der Waals surface area (Å²) in [6.45, 7) is 5.28. The molecule has 5 nitrogen and oxygen atoms in total. The van der Waals surface area contributed by atoms with Gasteiger partial charge in [-0.1, -0.05) is 0 Å². The number of nitrogens with one attached hydrogen (secondary N) is 2. The molecule has 1 saturated carbocycles. The Morgan fingerprint density at radius 2 is 1.88 bits per heavy atom. The Kier molecular flexibility index (Phi) is 3.78. The molecule has 0 radical (unpaired) electrons. The van der Waals surface area contributed by atoms with Crippen molar-refractivity contribution in [2.24, 2.45) is 5.92 Å². The minimum Gasteiger partial charge on any atom is -0.481 e. The Balaban J connectivity index is 2.36. The van der Waals surface area contributed by atoms with Crippen LogP contribution < -0.4 is 10.6 Å². The van der Waals surface area contributed by atoms with E-state index in [2.05, 4.69) is 10.6 Å². The predicted molar refractivity (Wildman–Crippen MR) is 60.2 cm³/mol. The molecule has 0 aromatic carbocycles. The fourth-order valence-electron chi connectivity index (χ4n) is 1.69. The molecule has 0 aliphatic heterocycles. The maximum atomic E-state index is 11.6. The predicted octanol–water partition coefficient (Wildman–Crippen LogP) is 1.34. The third-order valence-electron chi connectivity index (χ3n) is 3.37. The molecule has 0 aromatic rings. The summed E-state index contributed by atoms with van der Waals surface area (Å²) in [7, 11) is 0. The number of carbonyl (C=O) groups is 2. The average Bonchev–Trinajstić information content (AvgIpc) is 2.13. The van der Waals surface area contributed by atoms with Crippen LogP contribution in [0, 0.1) is 5.92 Å². The molecule has 0 aromatic heterocycles. The van der Waals surface area contributed by atoms with E-state index in [1.54, 1.807) is 13.8 Å². The van der Waals surface area contributed by atoms with Crippen molar-refractivity contribution in [3.63, 3.8) is 0 Å². The van der Waals surface area contributed by atoms with Gasteiger partial charge in [0.1, 0.15) is 0 Å². The maximum Gasteiger partial charge on any atom is 0.315 e. The Morgan fingerprint density at radius 3 is 2.25 bits per heavy atom. The molecule has 1 rings (SSSR count). The van der Waals surface area contributed by atoms with Gasteiger partial charge >= 0.3 is 12.0 Å². The summed E-state index contributed by atoms with van der Waals surface area (Å²) in [5.41, 5.74) is -0.101. The number of rotatable bonds is 4. The molecule has 3 N–H and O–H groups in total. The van der Waals surface area contributed by atoms with Crippen molar-refractivity contribution in [3.05, 3.63) is 0 Å². The summed E-state index contributed by atoms with van der Waals surface area (Å²) in [4.78, 5) is 22.3. The second kappa shape index (κ2) is 4.72. The maximum absolute atomic E-state index is 11.6. The molecule has 1 fully saturated rings. The highest BCUT2D eigenvalue weighted by atomic mass is 16.4. The Labute approximate surface area is 95.6 Å². The smallest absolute Gasteiger partial charge is 0.315 e. The Hall–Kier alpha value is -1.26. The number of hydrogen-bond acceptors (Lipinski definition) is 2. The summed E-state index contributed by atoms with van der Waals surface area (Å²) in [6, 6.07) is -0.649. The first kappa shape index (κ1) is 12.8. The highest BCUT2D eigenvalue weighted by Crippen LogP contribution is 2.30. The minimum atomic E-state index is -0.900. The van der Waals surface area contributed by atoms with Gasteiger partial charge in [0.05, 0.1) is 5.92 Å². The van der Waals surface area contributed by atoms with Crippen LogP contribution in [0.2, 0.25) is 0 Å². The molecule has 16 heavy (non-hydrogen) atoms. The van der Waals surface area contributed by atoms with Crippen molar-refractivity contribution in [2.75, 3.05) is 0 Å². The van der Waals surface area contributed by atoms with Crippen molar-refractivity contribution >= 4 is 12.0 Å². The van der Waals surface area contributed by atoms with Crippen LogP contribution in [0.4, 0.5) is 4.79 Å². The lowest BCUT2D eigenvalue weighted by Gasteiger charge is -2.39. The van der Waals surface area contributed by atoms with Crippen LogP contribution in [-0.2, 0) is 4.79 Å². The van der Waals surface area contributed by atoms with Crippen molar-refractivity contribution in [1.82, 2.24) is 10.6 Å². The van der Waals surface area contributed by atoms with Gasteiger partial charge in [0, 0.05) is 11.6 Å². The summed E-state index contributed by atoms with van der Waals surface area (Å²) in [5.74, 6) is -1.48. The summed E-state index contributed by atoms with van der Waals surface area (Å²) >= 11 is 0. The van der Waals surface area contributed by atoms with Crippen LogP contribution in [0.3, 0.4) is 0 Å². The molecular formula is C11H20N2O3. The van der Waals surface area contributed by atoms with Crippen LogP contribution in [0.5, 0.6) is 0 Å². The van der Waals surface area contributed by atoms with E-state index < -0.39 is 11.9 Å². The van der Waals surface area contributed by atoms with Crippen molar-refractivity contribution in [1.29, 1.82) is 0 Å². The van der Waals surface area contributed by atoms with E-state index in [0.29, 0.717) is 0 Å². The van der Waals surface area contributed by atoms with Gasteiger partial charge in [0.2, 0.25) is 0 Å². The number of carboxylic acids is 1. The van der Waals surface area contributed by atoms with Crippen molar-refractivity contribution in [3.8, 4) is 0 Å². The first-order valence-corrected chi connectivity index (χ1v) is 5.65. The number of aliphatic carboxylic acids is 1. The molecule has 0 spiro atoms. The van der Waals surface area contributed by atoms with Crippen LogP contribution in [0.1, 0.15) is 40.0 Å². The van der Waals surface area contributed by atoms with E-state index >= 15 is 0 Å². The topological polar surface area (TPSA) is 78.4 Å². The lowest BCUT2D eigenvalue weighted by atomic mass is 9.79. The molecule has 0 saturated heterocycles. The van der Waals surface area contributed by atoms with E-state index in [9.17, 15) is 9.59 Å². The molecule has 2 amide bonds. The highest BCUT2D eigenvalue weighted by Gasteiger charge is 2.33. The van der Waals surface area contributed by atoms with E-state index in [1.165, 1.54) is 0 Å².